The molecule has 1 heterocycles. The van der Waals surface area contributed by atoms with Gasteiger partial charge < -0.3 is 16.0 Å². The molecule has 0 radical (unpaired) electrons. The van der Waals surface area contributed by atoms with E-state index in [1.807, 2.05) is 13.8 Å². The first kappa shape index (κ1) is 22.7. The van der Waals surface area contributed by atoms with E-state index in [0.29, 0.717) is 17.1 Å². The average molecular weight is 403 g/mol. The maximum atomic E-state index is 12.5. The molecule has 2 amide bonds. The third-order valence-electron chi connectivity index (χ3n) is 4.28. The van der Waals surface area contributed by atoms with Gasteiger partial charge in [0.05, 0.1) is 0 Å². The van der Waals surface area contributed by atoms with Crippen LogP contribution in [0.5, 0.6) is 0 Å². The van der Waals surface area contributed by atoms with Crippen LogP contribution >= 0.6 is 24.0 Å². The van der Waals surface area contributed by atoms with Gasteiger partial charge in [0, 0.05) is 49.9 Å². The first-order chi connectivity index (χ1) is 12.0. The van der Waals surface area contributed by atoms with Gasteiger partial charge in [-0.05, 0) is 30.2 Å². The number of nitrogens with zero attached hydrogens (tertiary/aromatic N) is 1. The van der Waals surface area contributed by atoms with Gasteiger partial charge in [-0.25, -0.2) is 0 Å². The minimum Gasteiger partial charge on any atom is -0.353 e. The molecule has 0 bridgehead atoms. The van der Waals surface area contributed by atoms with E-state index < -0.39 is 6.04 Å². The zero-order valence-electron chi connectivity index (χ0n) is 15.3. The predicted octanol–water partition coefficient (Wildman–Crippen LogP) is 1.54. The number of piperazine rings is 1. The molecule has 1 fully saturated rings. The number of benzene rings is 1. The Labute approximate surface area is 166 Å². The van der Waals surface area contributed by atoms with Crippen molar-refractivity contribution >= 4 is 35.8 Å². The Morgan fingerprint density at radius 1 is 1.19 bits per heavy atom. The van der Waals surface area contributed by atoms with Crippen molar-refractivity contribution in [3.05, 3.63) is 34.9 Å². The highest BCUT2D eigenvalue weighted by molar-refractivity contribution is 6.30. The lowest BCUT2D eigenvalue weighted by atomic mass is 10.0. The number of carbonyl (C=O) groups excluding carboxylic acids is 2. The molecule has 1 aliphatic heterocycles. The summed E-state index contributed by atoms with van der Waals surface area (Å²) < 4.78 is 0. The van der Waals surface area contributed by atoms with Crippen LogP contribution in [0.3, 0.4) is 0 Å². The number of hydrogen-bond donors (Lipinski definition) is 3. The Morgan fingerprint density at radius 3 is 2.38 bits per heavy atom. The van der Waals surface area contributed by atoms with E-state index in [4.69, 9.17) is 11.6 Å². The van der Waals surface area contributed by atoms with Crippen LogP contribution < -0.4 is 16.0 Å². The van der Waals surface area contributed by atoms with E-state index >= 15 is 0 Å². The van der Waals surface area contributed by atoms with Crippen LogP contribution in [0.4, 0.5) is 0 Å². The Balaban J connectivity index is 0.00000338. The fraction of sp³-hybridized carbons (Fsp3) is 0.556. The highest BCUT2D eigenvalue weighted by Crippen LogP contribution is 2.10. The minimum atomic E-state index is -0.564. The number of carbonyl (C=O) groups is 2. The van der Waals surface area contributed by atoms with Crippen LogP contribution in [0.1, 0.15) is 24.2 Å². The van der Waals surface area contributed by atoms with Gasteiger partial charge in [0.25, 0.3) is 5.91 Å². The van der Waals surface area contributed by atoms with Gasteiger partial charge in [-0.2, -0.15) is 0 Å². The summed E-state index contributed by atoms with van der Waals surface area (Å²) in [5, 5.41) is 9.64. The molecule has 0 aliphatic carbocycles. The van der Waals surface area contributed by atoms with Gasteiger partial charge in [0.2, 0.25) is 5.91 Å². The van der Waals surface area contributed by atoms with Crippen molar-refractivity contribution in [2.45, 2.75) is 19.9 Å². The summed E-state index contributed by atoms with van der Waals surface area (Å²) in [7, 11) is 0. The zero-order chi connectivity index (χ0) is 18.2. The third kappa shape index (κ3) is 7.11. The first-order valence-corrected chi connectivity index (χ1v) is 9.12. The van der Waals surface area contributed by atoms with Crippen molar-refractivity contribution in [3.63, 3.8) is 0 Å². The van der Waals surface area contributed by atoms with E-state index in [1.54, 1.807) is 24.3 Å². The summed E-state index contributed by atoms with van der Waals surface area (Å²) in [6.07, 6.45) is 0. The highest BCUT2D eigenvalue weighted by Gasteiger charge is 2.24. The summed E-state index contributed by atoms with van der Waals surface area (Å²) in [6, 6.07) is 6.06. The standard InChI is InChI=1S/C18H27ClN4O2.ClH/c1-13(2)16(22-17(24)14-3-5-15(19)6-4-14)18(25)21-9-12-23-10-7-20-8-11-23;/h3-6,13,16,20H,7-12H2,1-2H3,(H,21,25)(H,22,24);1H. The smallest absolute Gasteiger partial charge is 0.251 e. The number of hydrogen-bond acceptors (Lipinski definition) is 4. The van der Waals surface area contributed by atoms with E-state index in [0.717, 1.165) is 32.7 Å². The van der Waals surface area contributed by atoms with Gasteiger partial charge >= 0.3 is 0 Å². The fourth-order valence-corrected chi connectivity index (χ4v) is 2.87. The van der Waals surface area contributed by atoms with Crippen molar-refractivity contribution in [3.8, 4) is 0 Å². The number of amides is 2. The van der Waals surface area contributed by atoms with Crippen molar-refractivity contribution in [2.24, 2.45) is 5.92 Å². The van der Waals surface area contributed by atoms with Crippen LogP contribution in [-0.2, 0) is 4.79 Å². The topological polar surface area (TPSA) is 73.5 Å². The molecular weight excluding hydrogens is 375 g/mol. The van der Waals surface area contributed by atoms with E-state index in [2.05, 4.69) is 20.9 Å². The molecule has 3 N–H and O–H groups in total. The number of halogens is 2. The third-order valence-corrected chi connectivity index (χ3v) is 4.53. The molecule has 0 spiro atoms. The fourth-order valence-electron chi connectivity index (χ4n) is 2.74. The van der Waals surface area contributed by atoms with Crippen LogP contribution in [-0.4, -0.2) is 62.0 Å². The molecule has 1 unspecified atom stereocenters. The van der Waals surface area contributed by atoms with Crippen LogP contribution in [0.25, 0.3) is 0 Å². The molecule has 1 aromatic rings. The molecule has 1 aliphatic rings. The Kier molecular flexibility index (Phi) is 9.94. The second kappa shape index (κ2) is 11.4. The lowest BCUT2D eigenvalue weighted by Crippen LogP contribution is -2.52. The normalized spacial score (nSPS) is 15.8. The highest BCUT2D eigenvalue weighted by atomic mass is 35.5. The van der Waals surface area contributed by atoms with Crippen molar-refractivity contribution in [1.82, 2.24) is 20.9 Å². The van der Waals surface area contributed by atoms with Gasteiger partial charge in [-0.3, -0.25) is 14.5 Å². The van der Waals surface area contributed by atoms with Crippen LogP contribution in [0, 0.1) is 5.92 Å². The predicted molar refractivity (Wildman–Crippen MR) is 107 cm³/mol. The first-order valence-electron chi connectivity index (χ1n) is 8.74. The molecule has 0 saturated carbocycles. The van der Waals surface area contributed by atoms with E-state index in [1.165, 1.54) is 0 Å². The van der Waals surface area contributed by atoms with Crippen molar-refractivity contribution in [1.29, 1.82) is 0 Å². The molecule has 1 atom stereocenters. The molecule has 1 aromatic carbocycles. The largest absolute Gasteiger partial charge is 0.353 e. The van der Waals surface area contributed by atoms with Gasteiger partial charge in [-0.15, -0.1) is 12.4 Å². The van der Waals surface area contributed by atoms with Crippen LogP contribution in [0.15, 0.2) is 24.3 Å². The van der Waals surface area contributed by atoms with Gasteiger partial charge in [-0.1, -0.05) is 25.4 Å². The summed E-state index contributed by atoms with van der Waals surface area (Å²) in [4.78, 5) is 27.1. The maximum Gasteiger partial charge on any atom is 0.251 e. The monoisotopic (exact) mass is 402 g/mol. The molecule has 2 rings (SSSR count). The Bertz CT molecular complexity index is 575. The Morgan fingerprint density at radius 2 is 1.81 bits per heavy atom. The van der Waals surface area contributed by atoms with Crippen LogP contribution in [0.2, 0.25) is 5.02 Å². The van der Waals surface area contributed by atoms with Crippen molar-refractivity contribution < 1.29 is 9.59 Å². The maximum absolute atomic E-state index is 12.5. The minimum absolute atomic E-state index is 0. The molecule has 6 nitrogen and oxygen atoms in total. The lowest BCUT2D eigenvalue weighted by molar-refractivity contribution is -0.124. The SMILES string of the molecule is CC(C)C(NC(=O)c1ccc(Cl)cc1)C(=O)NCCN1CCNCC1.Cl. The number of nitrogens with one attached hydrogen (secondary N) is 3. The van der Waals surface area contributed by atoms with Gasteiger partial charge in [0.1, 0.15) is 6.04 Å². The summed E-state index contributed by atoms with van der Waals surface area (Å²) in [5.41, 5.74) is 0.490. The molecule has 8 heteroatoms. The second-order valence-corrected chi connectivity index (χ2v) is 7.02. The molecule has 1 saturated heterocycles. The quantitative estimate of drug-likeness (QED) is 0.646. The zero-order valence-corrected chi connectivity index (χ0v) is 16.8. The molecule has 0 aromatic heterocycles. The molecule has 146 valence electrons. The number of rotatable bonds is 7. The van der Waals surface area contributed by atoms with Gasteiger partial charge in [0.15, 0.2) is 0 Å². The molecule has 26 heavy (non-hydrogen) atoms. The lowest BCUT2D eigenvalue weighted by Gasteiger charge is -2.28. The average Bonchev–Trinajstić information content (AvgIpc) is 2.60. The summed E-state index contributed by atoms with van der Waals surface area (Å²) in [6.45, 7) is 9.21. The van der Waals surface area contributed by atoms with E-state index in [-0.39, 0.29) is 30.1 Å². The second-order valence-electron chi connectivity index (χ2n) is 6.58. The molecular formula is C18H28Cl2N4O2. The van der Waals surface area contributed by atoms with E-state index in [9.17, 15) is 9.59 Å². The summed E-state index contributed by atoms with van der Waals surface area (Å²) in [5.74, 6) is -0.421. The Hall–Kier alpha value is -1.34. The van der Waals surface area contributed by atoms with Crippen molar-refractivity contribution in [2.75, 3.05) is 39.3 Å². The summed E-state index contributed by atoms with van der Waals surface area (Å²) >= 11 is 5.84.